The van der Waals surface area contributed by atoms with E-state index in [1.54, 1.807) is 0 Å². The molecule has 0 spiro atoms. The van der Waals surface area contributed by atoms with Gasteiger partial charge in [0, 0.05) is 6.20 Å². The fourth-order valence-electron chi connectivity index (χ4n) is 0.925. The summed E-state index contributed by atoms with van der Waals surface area (Å²) in [6.07, 6.45) is 1.90. The molecule has 1 rings (SSSR count). The standard InChI is InChI=1S/C8H14N2O/c1-4-11-8-7(3)9-5-6(2)10-8/h5,7,9H,4H2,1-3H3. The highest BCUT2D eigenvalue weighted by atomic mass is 16.5. The summed E-state index contributed by atoms with van der Waals surface area (Å²) < 4.78 is 5.31. The lowest BCUT2D eigenvalue weighted by atomic mass is 10.3. The zero-order valence-corrected chi connectivity index (χ0v) is 7.22. The Labute approximate surface area is 67.2 Å². The summed E-state index contributed by atoms with van der Waals surface area (Å²) in [5, 5.41) is 3.15. The second kappa shape index (κ2) is 3.42. The van der Waals surface area contributed by atoms with Crippen LogP contribution in [0.3, 0.4) is 0 Å². The van der Waals surface area contributed by atoms with Crippen molar-refractivity contribution < 1.29 is 4.74 Å². The van der Waals surface area contributed by atoms with E-state index in [1.807, 2.05) is 27.0 Å². The van der Waals surface area contributed by atoms with E-state index >= 15 is 0 Å². The Bertz CT molecular complexity index is 196. The predicted octanol–water partition coefficient (Wildman–Crippen LogP) is 1.27. The Morgan fingerprint density at radius 3 is 3.09 bits per heavy atom. The van der Waals surface area contributed by atoms with Crippen molar-refractivity contribution in [3.63, 3.8) is 0 Å². The summed E-state index contributed by atoms with van der Waals surface area (Å²) >= 11 is 0. The van der Waals surface area contributed by atoms with Gasteiger partial charge in [-0.2, -0.15) is 0 Å². The summed E-state index contributed by atoms with van der Waals surface area (Å²) in [6.45, 7) is 6.61. The first-order chi connectivity index (χ1) is 5.24. The van der Waals surface area contributed by atoms with E-state index in [4.69, 9.17) is 4.74 Å². The molecule has 1 N–H and O–H groups in total. The van der Waals surface area contributed by atoms with Crippen molar-refractivity contribution >= 4 is 5.90 Å². The molecule has 0 amide bonds. The van der Waals surface area contributed by atoms with Gasteiger partial charge in [-0.25, -0.2) is 4.99 Å². The number of aliphatic imine (C=N–C) groups is 1. The van der Waals surface area contributed by atoms with Crippen LogP contribution in [-0.2, 0) is 4.74 Å². The second-order valence-electron chi connectivity index (χ2n) is 2.56. The zero-order valence-electron chi connectivity index (χ0n) is 7.22. The van der Waals surface area contributed by atoms with E-state index in [-0.39, 0.29) is 6.04 Å². The predicted molar refractivity (Wildman–Crippen MR) is 45.4 cm³/mol. The summed E-state index contributed by atoms with van der Waals surface area (Å²) in [4.78, 5) is 4.25. The molecule has 1 aliphatic heterocycles. The van der Waals surface area contributed by atoms with Gasteiger partial charge in [0.25, 0.3) is 0 Å². The van der Waals surface area contributed by atoms with Gasteiger partial charge in [0.05, 0.1) is 18.3 Å². The monoisotopic (exact) mass is 154 g/mol. The highest BCUT2D eigenvalue weighted by Crippen LogP contribution is 2.04. The highest BCUT2D eigenvalue weighted by Gasteiger charge is 2.13. The van der Waals surface area contributed by atoms with Crippen LogP contribution in [0.4, 0.5) is 0 Å². The van der Waals surface area contributed by atoms with E-state index < -0.39 is 0 Å². The Morgan fingerprint density at radius 2 is 2.45 bits per heavy atom. The molecular weight excluding hydrogens is 140 g/mol. The fraction of sp³-hybridized carbons (Fsp3) is 0.625. The molecule has 1 atom stereocenters. The molecular formula is C8H14N2O. The fourth-order valence-corrected chi connectivity index (χ4v) is 0.925. The number of nitrogens with zero attached hydrogens (tertiary/aromatic N) is 1. The maximum atomic E-state index is 5.31. The number of allylic oxidation sites excluding steroid dienone is 1. The smallest absolute Gasteiger partial charge is 0.211 e. The number of nitrogens with one attached hydrogen (secondary N) is 1. The van der Waals surface area contributed by atoms with Gasteiger partial charge in [-0.3, -0.25) is 0 Å². The molecule has 0 aromatic rings. The van der Waals surface area contributed by atoms with Crippen LogP contribution in [0.25, 0.3) is 0 Å². The molecule has 1 aliphatic rings. The van der Waals surface area contributed by atoms with Gasteiger partial charge < -0.3 is 10.1 Å². The zero-order chi connectivity index (χ0) is 8.27. The van der Waals surface area contributed by atoms with E-state index in [0.717, 1.165) is 11.6 Å². The third kappa shape index (κ3) is 1.97. The summed E-state index contributed by atoms with van der Waals surface area (Å²) in [5.74, 6) is 0.785. The Balaban J connectivity index is 2.64. The molecule has 0 saturated carbocycles. The highest BCUT2D eigenvalue weighted by molar-refractivity contribution is 5.83. The van der Waals surface area contributed by atoms with E-state index in [2.05, 4.69) is 10.3 Å². The molecule has 11 heavy (non-hydrogen) atoms. The Kier molecular flexibility index (Phi) is 2.52. The topological polar surface area (TPSA) is 33.6 Å². The average molecular weight is 154 g/mol. The van der Waals surface area contributed by atoms with E-state index in [0.29, 0.717) is 6.61 Å². The first-order valence-electron chi connectivity index (χ1n) is 3.88. The van der Waals surface area contributed by atoms with Crippen LogP contribution >= 0.6 is 0 Å². The van der Waals surface area contributed by atoms with Crippen molar-refractivity contribution in [1.29, 1.82) is 0 Å². The number of hydrogen-bond acceptors (Lipinski definition) is 3. The van der Waals surface area contributed by atoms with Gasteiger partial charge in [-0.05, 0) is 20.8 Å². The van der Waals surface area contributed by atoms with E-state index in [1.165, 1.54) is 0 Å². The summed E-state index contributed by atoms with van der Waals surface area (Å²) in [6, 6.07) is 0.207. The lowest BCUT2D eigenvalue weighted by Crippen LogP contribution is -2.34. The SMILES string of the molecule is CCOC1=NC(C)=CNC1C. The number of rotatable bonds is 1. The normalized spacial score (nSPS) is 23.4. The molecule has 3 nitrogen and oxygen atoms in total. The summed E-state index contributed by atoms with van der Waals surface area (Å²) in [7, 11) is 0. The summed E-state index contributed by atoms with van der Waals surface area (Å²) in [5.41, 5.74) is 0.964. The molecule has 1 heterocycles. The van der Waals surface area contributed by atoms with Crippen molar-refractivity contribution in [3.8, 4) is 0 Å². The molecule has 62 valence electrons. The van der Waals surface area contributed by atoms with Crippen molar-refractivity contribution in [3.05, 3.63) is 11.9 Å². The minimum Gasteiger partial charge on any atom is -0.480 e. The van der Waals surface area contributed by atoms with Gasteiger partial charge in [-0.15, -0.1) is 0 Å². The van der Waals surface area contributed by atoms with Gasteiger partial charge in [0.2, 0.25) is 5.90 Å². The third-order valence-electron chi connectivity index (χ3n) is 1.49. The quantitative estimate of drug-likeness (QED) is 0.617. The third-order valence-corrected chi connectivity index (χ3v) is 1.49. The second-order valence-corrected chi connectivity index (χ2v) is 2.56. The largest absolute Gasteiger partial charge is 0.480 e. The molecule has 1 unspecified atom stereocenters. The molecule has 3 heteroatoms. The maximum Gasteiger partial charge on any atom is 0.211 e. The minimum atomic E-state index is 0.207. The molecule has 0 fully saturated rings. The van der Waals surface area contributed by atoms with Crippen LogP contribution in [0.1, 0.15) is 20.8 Å². The van der Waals surface area contributed by atoms with Gasteiger partial charge >= 0.3 is 0 Å². The van der Waals surface area contributed by atoms with Gasteiger partial charge in [0.15, 0.2) is 0 Å². The van der Waals surface area contributed by atoms with Crippen LogP contribution in [0.5, 0.6) is 0 Å². The lowest BCUT2D eigenvalue weighted by Gasteiger charge is -2.19. The maximum absolute atomic E-state index is 5.31. The number of ether oxygens (including phenoxy) is 1. The van der Waals surface area contributed by atoms with Crippen LogP contribution in [0, 0.1) is 0 Å². The van der Waals surface area contributed by atoms with Crippen molar-refractivity contribution in [2.45, 2.75) is 26.8 Å². The Hall–Kier alpha value is -0.990. The lowest BCUT2D eigenvalue weighted by molar-refractivity contribution is 0.307. The minimum absolute atomic E-state index is 0.207. The van der Waals surface area contributed by atoms with Crippen LogP contribution in [0.2, 0.25) is 0 Å². The molecule has 0 aromatic heterocycles. The number of hydrogen-bond donors (Lipinski definition) is 1. The van der Waals surface area contributed by atoms with Crippen molar-refractivity contribution in [2.24, 2.45) is 4.99 Å². The van der Waals surface area contributed by atoms with Gasteiger partial charge in [-0.1, -0.05) is 0 Å². The molecule has 0 bridgehead atoms. The first-order valence-corrected chi connectivity index (χ1v) is 3.88. The van der Waals surface area contributed by atoms with Crippen molar-refractivity contribution in [2.75, 3.05) is 6.61 Å². The van der Waals surface area contributed by atoms with E-state index in [9.17, 15) is 0 Å². The van der Waals surface area contributed by atoms with Crippen LogP contribution < -0.4 is 5.32 Å². The molecule has 0 aliphatic carbocycles. The van der Waals surface area contributed by atoms with Crippen LogP contribution in [-0.4, -0.2) is 18.5 Å². The van der Waals surface area contributed by atoms with Crippen molar-refractivity contribution in [1.82, 2.24) is 5.32 Å². The average Bonchev–Trinajstić information content (AvgIpc) is 1.98. The molecule has 0 saturated heterocycles. The Morgan fingerprint density at radius 1 is 1.73 bits per heavy atom. The van der Waals surface area contributed by atoms with Gasteiger partial charge in [0.1, 0.15) is 0 Å². The van der Waals surface area contributed by atoms with Crippen LogP contribution in [0.15, 0.2) is 16.9 Å². The first kappa shape index (κ1) is 8.11. The molecule has 0 aromatic carbocycles. The molecule has 0 radical (unpaired) electrons.